The summed E-state index contributed by atoms with van der Waals surface area (Å²) in [5.74, 6) is 0.374. The highest BCUT2D eigenvalue weighted by molar-refractivity contribution is 6.31. The van der Waals surface area contributed by atoms with Gasteiger partial charge in [-0.3, -0.25) is 0 Å². The van der Waals surface area contributed by atoms with Crippen LogP contribution in [-0.4, -0.2) is 0 Å². The summed E-state index contributed by atoms with van der Waals surface area (Å²) in [7, 11) is 0. The average molecular weight is 280 g/mol. The Kier molecular flexibility index (Phi) is 4.40. The highest BCUT2D eigenvalue weighted by atomic mass is 35.5. The summed E-state index contributed by atoms with van der Waals surface area (Å²) in [4.78, 5) is 0. The molecule has 0 heterocycles. The molecule has 0 aromatic heterocycles. The highest BCUT2D eigenvalue weighted by Crippen LogP contribution is 2.23. The summed E-state index contributed by atoms with van der Waals surface area (Å²) < 4.78 is 18.8. The van der Waals surface area contributed by atoms with E-state index < -0.39 is 0 Å². The minimum Gasteiger partial charge on any atom is -0.489 e. The topological polar surface area (TPSA) is 35.2 Å². The second-order valence-corrected chi connectivity index (χ2v) is 4.75. The predicted molar refractivity (Wildman–Crippen MR) is 74.8 cm³/mol. The molecule has 0 saturated carbocycles. The maximum absolute atomic E-state index is 13.1. The van der Waals surface area contributed by atoms with Gasteiger partial charge in [-0.25, -0.2) is 4.39 Å². The molecule has 2 nitrogen and oxygen atoms in total. The van der Waals surface area contributed by atoms with Crippen LogP contribution >= 0.6 is 11.6 Å². The van der Waals surface area contributed by atoms with Gasteiger partial charge in [0.05, 0.1) is 0 Å². The Labute approximate surface area is 117 Å². The van der Waals surface area contributed by atoms with Gasteiger partial charge in [0.25, 0.3) is 0 Å². The van der Waals surface area contributed by atoms with Crippen molar-refractivity contribution >= 4 is 11.6 Å². The maximum atomic E-state index is 13.1. The van der Waals surface area contributed by atoms with Crippen LogP contribution < -0.4 is 10.5 Å². The molecule has 2 rings (SSSR count). The molecule has 0 bridgehead atoms. The van der Waals surface area contributed by atoms with Crippen molar-refractivity contribution in [1.82, 2.24) is 0 Å². The third kappa shape index (κ3) is 3.46. The van der Waals surface area contributed by atoms with Gasteiger partial charge in [0.15, 0.2) is 0 Å². The first-order valence-electron chi connectivity index (χ1n) is 5.96. The largest absolute Gasteiger partial charge is 0.489 e. The summed E-state index contributed by atoms with van der Waals surface area (Å²) in [5, 5.41) is 0.489. The second kappa shape index (κ2) is 6.04. The van der Waals surface area contributed by atoms with E-state index in [2.05, 4.69) is 0 Å². The zero-order valence-electron chi connectivity index (χ0n) is 10.6. The smallest absolute Gasteiger partial charge is 0.124 e. The number of benzene rings is 2. The molecule has 0 unspecified atom stereocenters. The quantitative estimate of drug-likeness (QED) is 0.923. The third-order valence-electron chi connectivity index (χ3n) is 2.83. The number of ether oxygens (including phenoxy) is 1. The molecule has 0 aliphatic rings. The summed E-state index contributed by atoms with van der Waals surface area (Å²) >= 11 is 5.99. The zero-order chi connectivity index (χ0) is 13.8. The van der Waals surface area contributed by atoms with E-state index in [1.165, 1.54) is 18.2 Å². The molecule has 2 N–H and O–H groups in total. The fourth-order valence-electron chi connectivity index (χ4n) is 1.82. The van der Waals surface area contributed by atoms with Crippen LogP contribution in [0.15, 0.2) is 36.4 Å². The van der Waals surface area contributed by atoms with Gasteiger partial charge in [0, 0.05) is 22.7 Å². The second-order valence-electron chi connectivity index (χ2n) is 4.34. The van der Waals surface area contributed by atoms with E-state index in [1.807, 2.05) is 25.1 Å². The van der Waals surface area contributed by atoms with Crippen LogP contribution in [0.3, 0.4) is 0 Å². The Hall–Kier alpha value is -1.58. The molecule has 0 atom stereocenters. The standard InChI is InChI=1S/C15H15ClFNO/c1-10-2-5-15(11(6-10)8-18)19-9-12-7-13(17)3-4-14(12)16/h2-7H,8-9,18H2,1H3. The minimum atomic E-state index is -0.328. The molecule has 0 amide bonds. The van der Waals surface area contributed by atoms with E-state index in [1.54, 1.807) is 0 Å². The van der Waals surface area contributed by atoms with Crippen LogP contribution in [-0.2, 0) is 13.2 Å². The van der Waals surface area contributed by atoms with Crippen LogP contribution in [0.25, 0.3) is 0 Å². The van der Waals surface area contributed by atoms with Gasteiger partial charge in [-0.15, -0.1) is 0 Å². The Bertz CT molecular complexity index is 586. The molecule has 2 aromatic rings. The van der Waals surface area contributed by atoms with Crippen LogP contribution in [0.5, 0.6) is 5.75 Å². The van der Waals surface area contributed by atoms with Crippen LogP contribution in [0.1, 0.15) is 16.7 Å². The zero-order valence-corrected chi connectivity index (χ0v) is 11.4. The lowest BCUT2D eigenvalue weighted by molar-refractivity contribution is 0.302. The van der Waals surface area contributed by atoms with Gasteiger partial charge in [-0.05, 0) is 31.2 Å². The molecule has 0 spiro atoms. The van der Waals surface area contributed by atoms with Crippen LogP contribution in [0.2, 0.25) is 5.02 Å². The normalized spacial score (nSPS) is 10.5. The molecular weight excluding hydrogens is 265 g/mol. The summed E-state index contributed by atoms with van der Waals surface area (Å²) in [6, 6.07) is 10.0. The number of hydrogen-bond donors (Lipinski definition) is 1. The van der Waals surface area contributed by atoms with Crippen molar-refractivity contribution in [3.63, 3.8) is 0 Å². The Morgan fingerprint density at radius 2 is 1.95 bits per heavy atom. The lowest BCUT2D eigenvalue weighted by Gasteiger charge is -2.12. The molecule has 0 aliphatic carbocycles. The lowest BCUT2D eigenvalue weighted by atomic mass is 10.1. The first kappa shape index (κ1) is 13.8. The van der Waals surface area contributed by atoms with Gasteiger partial charge in [-0.1, -0.05) is 29.3 Å². The van der Waals surface area contributed by atoms with Crippen molar-refractivity contribution in [3.05, 3.63) is 63.9 Å². The van der Waals surface area contributed by atoms with Gasteiger partial charge in [0.1, 0.15) is 18.2 Å². The average Bonchev–Trinajstić information content (AvgIpc) is 2.40. The van der Waals surface area contributed by atoms with Crippen molar-refractivity contribution in [2.75, 3.05) is 0 Å². The van der Waals surface area contributed by atoms with Crippen molar-refractivity contribution in [2.45, 2.75) is 20.1 Å². The highest BCUT2D eigenvalue weighted by Gasteiger charge is 2.06. The SMILES string of the molecule is Cc1ccc(OCc2cc(F)ccc2Cl)c(CN)c1. The molecule has 2 aromatic carbocycles. The van der Waals surface area contributed by atoms with Crippen molar-refractivity contribution in [2.24, 2.45) is 5.73 Å². The predicted octanol–water partition coefficient (Wildman–Crippen LogP) is 3.83. The maximum Gasteiger partial charge on any atom is 0.124 e. The van der Waals surface area contributed by atoms with E-state index in [-0.39, 0.29) is 12.4 Å². The Morgan fingerprint density at radius 3 is 2.68 bits per heavy atom. The lowest BCUT2D eigenvalue weighted by Crippen LogP contribution is -2.03. The molecule has 4 heteroatoms. The van der Waals surface area contributed by atoms with Crippen LogP contribution in [0, 0.1) is 12.7 Å². The first-order chi connectivity index (χ1) is 9.10. The van der Waals surface area contributed by atoms with Crippen molar-refractivity contribution in [3.8, 4) is 5.75 Å². The Morgan fingerprint density at radius 1 is 1.16 bits per heavy atom. The van der Waals surface area contributed by atoms with Gasteiger partial charge < -0.3 is 10.5 Å². The molecule has 100 valence electrons. The first-order valence-corrected chi connectivity index (χ1v) is 6.34. The minimum absolute atomic E-state index is 0.215. The number of aryl methyl sites for hydroxylation is 1. The van der Waals surface area contributed by atoms with E-state index >= 15 is 0 Å². The molecular formula is C15H15ClFNO. The number of nitrogens with two attached hydrogens (primary N) is 1. The molecule has 0 aliphatic heterocycles. The van der Waals surface area contributed by atoms with Gasteiger partial charge in [0.2, 0.25) is 0 Å². The van der Waals surface area contributed by atoms with Crippen LogP contribution in [0.4, 0.5) is 4.39 Å². The number of rotatable bonds is 4. The van der Waals surface area contributed by atoms with E-state index in [4.69, 9.17) is 22.1 Å². The molecule has 0 fully saturated rings. The number of hydrogen-bond acceptors (Lipinski definition) is 2. The van der Waals surface area contributed by atoms with E-state index in [0.717, 1.165) is 11.1 Å². The van der Waals surface area contributed by atoms with E-state index in [9.17, 15) is 4.39 Å². The van der Waals surface area contributed by atoms with E-state index in [0.29, 0.717) is 22.9 Å². The van der Waals surface area contributed by atoms with Crippen molar-refractivity contribution in [1.29, 1.82) is 0 Å². The Balaban J connectivity index is 2.16. The molecule has 0 radical (unpaired) electrons. The molecule has 19 heavy (non-hydrogen) atoms. The summed E-state index contributed by atoms with van der Waals surface area (Å²) in [6.45, 7) is 2.60. The monoisotopic (exact) mass is 279 g/mol. The third-order valence-corrected chi connectivity index (χ3v) is 3.20. The number of halogens is 2. The van der Waals surface area contributed by atoms with Gasteiger partial charge in [-0.2, -0.15) is 0 Å². The van der Waals surface area contributed by atoms with Gasteiger partial charge >= 0.3 is 0 Å². The fourth-order valence-corrected chi connectivity index (χ4v) is 1.99. The van der Waals surface area contributed by atoms with Crippen molar-refractivity contribution < 1.29 is 9.13 Å². The fraction of sp³-hybridized carbons (Fsp3) is 0.200. The summed E-state index contributed by atoms with van der Waals surface area (Å²) in [5.41, 5.74) is 8.34. The summed E-state index contributed by atoms with van der Waals surface area (Å²) in [6.07, 6.45) is 0. The molecule has 0 saturated heterocycles.